The number of hydrogen-bond donors (Lipinski definition) is 2. The number of benzene rings is 1. The van der Waals surface area contributed by atoms with E-state index < -0.39 is 0 Å². The number of hydrogen-bond acceptors (Lipinski definition) is 7. The van der Waals surface area contributed by atoms with Gasteiger partial charge in [-0.05, 0) is 149 Å². The molecule has 0 bridgehead atoms. The number of urea groups is 1. The highest BCUT2D eigenvalue weighted by atomic mass is 79.9. The fraction of sp³-hybridized carbons (Fsp3) is 0.698. The van der Waals surface area contributed by atoms with E-state index in [1.54, 1.807) is 6.20 Å². The minimum atomic E-state index is -0.359. The number of carbonyl (C=O) groups excluding carboxylic acids is 2. The largest absolute Gasteiger partial charge is 0.489 e. The minimum absolute atomic E-state index is 0.0410. The molecule has 4 aliphatic carbocycles. The lowest BCUT2D eigenvalue weighted by molar-refractivity contribution is -0.145. The molecule has 4 saturated carbocycles. The third-order valence-corrected chi connectivity index (χ3v) is 15.0. The zero-order valence-electron chi connectivity index (χ0n) is 32.4. The van der Waals surface area contributed by atoms with Gasteiger partial charge in [0.15, 0.2) is 0 Å². The molecule has 2 N–H and O–H groups in total. The lowest BCUT2D eigenvalue weighted by Gasteiger charge is -2.60. The molecule has 5 aliphatic rings. The number of anilines is 2. The van der Waals surface area contributed by atoms with Gasteiger partial charge in [0.1, 0.15) is 24.2 Å². The molecule has 10 heteroatoms. The molecule has 8 atom stereocenters. The van der Waals surface area contributed by atoms with Gasteiger partial charge in [-0.1, -0.05) is 29.8 Å². The average Bonchev–Trinajstić information content (AvgIpc) is 3.48. The summed E-state index contributed by atoms with van der Waals surface area (Å²) in [6, 6.07) is 7.14. The van der Waals surface area contributed by atoms with Gasteiger partial charge in [0.2, 0.25) is 0 Å². The van der Waals surface area contributed by atoms with Gasteiger partial charge in [0, 0.05) is 42.7 Å². The number of aryl methyl sites for hydroxylation is 2. The van der Waals surface area contributed by atoms with Crippen LogP contribution in [0.1, 0.15) is 102 Å². The SMILES string of the molecule is Cc1ccc(NC(=O)Nc2cc(Br)c(C)cc2OC[C@@H]2CN(CCCCCO[C@H]3CC[C@H]4[C@@H]5CC[C@H]6CC(=O)CC[C@]6(C)[C@H]5CC[C@]34C)CCO2)cn1. The first-order valence-electron chi connectivity index (χ1n) is 20.4. The third-order valence-electron chi connectivity index (χ3n) is 14.2. The summed E-state index contributed by atoms with van der Waals surface area (Å²) in [6.45, 7) is 13.8. The number of morpholine rings is 1. The number of nitrogens with one attached hydrogen (secondary N) is 2. The van der Waals surface area contributed by atoms with Gasteiger partial charge in [-0.3, -0.25) is 14.7 Å². The number of rotatable bonds is 12. The Morgan fingerprint density at radius 2 is 1.87 bits per heavy atom. The predicted octanol–water partition coefficient (Wildman–Crippen LogP) is 9.35. The molecule has 2 heterocycles. The Balaban J connectivity index is 0.821. The van der Waals surface area contributed by atoms with E-state index in [1.807, 2.05) is 38.1 Å². The van der Waals surface area contributed by atoms with Gasteiger partial charge in [0.25, 0.3) is 0 Å². The van der Waals surface area contributed by atoms with Crippen molar-refractivity contribution in [1.29, 1.82) is 0 Å². The van der Waals surface area contributed by atoms with Crippen LogP contribution in [0, 0.1) is 48.3 Å². The summed E-state index contributed by atoms with van der Waals surface area (Å²) in [5.41, 5.74) is 3.81. The summed E-state index contributed by atoms with van der Waals surface area (Å²) in [5, 5.41) is 5.77. The maximum Gasteiger partial charge on any atom is 0.323 e. The highest BCUT2D eigenvalue weighted by molar-refractivity contribution is 9.10. The molecule has 0 unspecified atom stereocenters. The standard InChI is InChI=1S/C43H61BrN4O5/c1-28-22-39(38(24-37(28)44)47-41(50)46-31-10-8-29(2)45-25-31)53-27-33-26-48(19-21-51-33)18-6-5-7-20-52-40-13-12-35-34-11-9-30-23-32(49)14-16-42(30,3)36(34)15-17-43(35,40)4/h8,10,22,24-25,30,33-36,40H,5-7,9,11-21,23,26-27H2,1-4H3,(H2,46,47,50)/t30-,33-,34-,35-,36-,40-,42-,43-/m0/s1. The number of nitrogens with zero attached hydrogens (tertiary/aromatic N) is 2. The molecule has 290 valence electrons. The average molecular weight is 794 g/mol. The van der Waals surface area contributed by atoms with Gasteiger partial charge in [0.05, 0.1) is 30.3 Å². The normalized spacial score (nSPS) is 32.7. The van der Waals surface area contributed by atoms with Crippen molar-refractivity contribution in [3.63, 3.8) is 0 Å². The molecule has 2 amide bonds. The fourth-order valence-corrected chi connectivity index (χ4v) is 11.4. The second-order valence-corrected chi connectivity index (χ2v) is 18.3. The van der Waals surface area contributed by atoms with Gasteiger partial charge < -0.3 is 24.8 Å². The van der Waals surface area contributed by atoms with E-state index in [1.165, 1.54) is 44.9 Å². The lowest BCUT2D eigenvalue weighted by atomic mass is 9.45. The van der Waals surface area contributed by atoms with Crippen molar-refractivity contribution in [2.24, 2.45) is 34.5 Å². The molecule has 53 heavy (non-hydrogen) atoms. The Morgan fingerprint density at radius 1 is 1.02 bits per heavy atom. The Morgan fingerprint density at radius 3 is 2.70 bits per heavy atom. The predicted molar refractivity (Wildman–Crippen MR) is 212 cm³/mol. The number of pyridine rings is 1. The van der Waals surface area contributed by atoms with Gasteiger partial charge >= 0.3 is 6.03 Å². The maximum absolute atomic E-state index is 12.8. The van der Waals surface area contributed by atoms with Crippen LogP contribution >= 0.6 is 15.9 Å². The summed E-state index contributed by atoms with van der Waals surface area (Å²) < 4.78 is 20.0. The first-order valence-corrected chi connectivity index (χ1v) is 21.2. The van der Waals surface area contributed by atoms with Crippen molar-refractivity contribution in [3.05, 3.63) is 46.2 Å². The summed E-state index contributed by atoms with van der Waals surface area (Å²) in [7, 11) is 0. The highest BCUT2D eigenvalue weighted by Gasteiger charge is 2.60. The van der Waals surface area contributed by atoms with E-state index in [0.717, 1.165) is 91.8 Å². The molecule has 1 aliphatic heterocycles. The number of fused-ring (bicyclic) bond motifs is 5. The van der Waals surface area contributed by atoms with Gasteiger partial charge in [-0.25, -0.2) is 4.79 Å². The van der Waals surface area contributed by atoms with Crippen molar-refractivity contribution in [3.8, 4) is 5.75 Å². The van der Waals surface area contributed by atoms with Crippen LogP contribution in [0.25, 0.3) is 0 Å². The van der Waals surface area contributed by atoms with Crippen LogP contribution < -0.4 is 15.4 Å². The smallest absolute Gasteiger partial charge is 0.323 e. The molecular formula is C43H61BrN4O5. The quantitative estimate of drug-likeness (QED) is 0.207. The van der Waals surface area contributed by atoms with E-state index in [9.17, 15) is 9.59 Å². The number of Topliss-reactive ketones (excluding diaryl/α,β-unsaturated/α-hetero) is 1. The molecule has 1 aromatic carbocycles. The summed E-state index contributed by atoms with van der Waals surface area (Å²) in [5.74, 6) is 4.17. The van der Waals surface area contributed by atoms with Crippen LogP contribution in [0.4, 0.5) is 16.2 Å². The lowest BCUT2D eigenvalue weighted by Crippen LogP contribution is -2.54. The molecule has 1 aromatic heterocycles. The Hall–Kier alpha value is -2.53. The topological polar surface area (TPSA) is 102 Å². The number of aromatic nitrogens is 1. The third kappa shape index (κ3) is 8.66. The number of ketones is 1. The van der Waals surface area contributed by atoms with Crippen molar-refractivity contribution < 1.29 is 23.8 Å². The van der Waals surface area contributed by atoms with Gasteiger partial charge in [-0.15, -0.1) is 0 Å². The van der Waals surface area contributed by atoms with E-state index in [-0.39, 0.29) is 12.1 Å². The van der Waals surface area contributed by atoms with Gasteiger partial charge in [-0.2, -0.15) is 0 Å². The molecule has 9 nitrogen and oxygen atoms in total. The zero-order valence-corrected chi connectivity index (χ0v) is 34.0. The molecule has 1 saturated heterocycles. The van der Waals surface area contributed by atoms with Crippen LogP contribution in [0.5, 0.6) is 5.75 Å². The van der Waals surface area contributed by atoms with Crippen molar-refractivity contribution >= 4 is 39.1 Å². The van der Waals surface area contributed by atoms with Crippen LogP contribution in [-0.2, 0) is 14.3 Å². The van der Waals surface area contributed by atoms with E-state index >= 15 is 0 Å². The first-order chi connectivity index (χ1) is 25.5. The summed E-state index contributed by atoms with van der Waals surface area (Å²) >= 11 is 3.59. The zero-order chi connectivity index (χ0) is 37.2. The molecule has 5 fully saturated rings. The van der Waals surface area contributed by atoms with Crippen LogP contribution in [0.2, 0.25) is 0 Å². The molecular weight excluding hydrogens is 732 g/mol. The minimum Gasteiger partial charge on any atom is -0.489 e. The Labute approximate surface area is 325 Å². The van der Waals surface area contributed by atoms with Crippen molar-refractivity contribution in [2.75, 3.05) is 50.1 Å². The molecule has 7 rings (SSSR count). The summed E-state index contributed by atoms with van der Waals surface area (Å²) in [4.78, 5) is 31.8. The van der Waals surface area contributed by atoms with Crippen LogP contribution in [0.15, 0.2) is 34.9 Å². The maximum atomic E-state index is 12.8. The van der Waals surface area contributed by atoms with Crippen LogP contribution in [-0.4, -0.2) is 73.4 Å². The number of unbranched alkanes of at least 4 members (excludes halogenated alkanes) is 2. The van der Waals surface area contributed by atoms with Crippen LogP contribution in [0.3, 0.4) is 0 Å². The van der Waals surface area contributed by atoms with Crippen molar-refractivity contribution in [1.82, 2.24) is 9.88 Å². The second kappa shape index (κ2) is 16.7. The van der Waals surface area contributed by atoms with E-state index in [2.05, 4.69) is 50.3 Å². The van der Waals surface area contributed by atoms with E-state index in [0.29, 0.717) is 59.0 Å². The Kier molecular flexibility index (Phi) is 12.2. The number of halogens is 1. The van der Waals surface area contributed by atoms with Crippen molar-refractivity contribution in [2.45, 2.75) is 117 Å². The Bertz CT molecular complexity index is 1610. The highest BCUT2D eigenvalue weighted by Crippen LogP contribution is 2.66. The fourth-order valence-electron chi connectivity index (χ4n) is 11.1. The second-order valence-electron chi connectivity index (χ2n) is 17.4. The number of ether oxygens (including phenoxy) is 3. The molecule has 0 radical (unpaired) electrons. The summed E-state index contributed by atoms with van der Waals surface area (Å²) in [6.07, 6.45) is 16.0. The molecule has 0 spiro atoms. The monoisotopic (exact) mass is 792 g/mol. The first kappa shape index (κ1) is 38.7. The number of carbonyl (C=O) groups is 2. The number of amides is 2. The van der Waals surface area contributed by atoms with E-state index in [4.69, 9.17) is 14.2 Å². The molecule has 2 aromatic rings.